The first-order valence-electron chi connectivity index (χ1n) is 8.02. The molecule has 27 heavy (non-hydrogen) atoms. The highest BCUT2D eigenvalue weighted by atomic mass is 32.2. The standard InChI is InChI=1S/C10H11FO2S.C10H9FOS/c1-7(12)6-14-10-4-3-8(13-2)5-9(10)11;1-6-5-13-10-8(6)3-7(12-2)4-9(10)11/h3-5H,6H2,1-2H3;3-5H,1-2H3. The summed E-state index contributed by atoms with van der Waals surface area (Å²) in [5.74, 6) is 0.831. The van der Waals surface area contributed by atoms with Gasteiger partial charge >= 0.3 is 0 Å². The van der Waals surface area contributed by atoms with Gasteiger partial charge in [0.1, 0.15) is 28.9 Å². The van der Waals surface area contributed by atoms with Crippen molar-refractivity contribution < 1.29 is 23.0 Å². The van der Waals surface area contributed by atoms with E-state index in [1.165, 1.54) is 49.3 Å². The number of benzene rings is 2. The van der Waals surface area contributed by atoms with Gasteiger partial charge in [-0.3, -0.25) is 4.79 Å². The van der Waals surface area contributed by atoms with E-state index in [0.717, 1.165) is 10.9 Å². The minimum Gasteiger partial charge on any atom is -0.497 e. The van der Waals surface area contributed by atoms with E-state index in [2.05, 4.69) is 0 Å². The monoisotopic (exact) mass is 410 g/mol. The lowest BCUT2D eigenvalue weighted by molar-refractivity contribution is -0.114. The number of thiophene rings is 1. The summed E-state index contributed by atoms with van der Waals surface area (Å²) in [6.45, 7) is 3.45. The highest BCUT2D eigenvalue weighted by molar-refractivity contribution is 8.00. The Morgan fingerprint density at radius 1 is 1.07 bits per heavy atom. The second-order valence-electron chi connectivity index (χ2n) is 5.69. The Bertz CT molecular complexity index is 938. The van der Waals surface area contributed by atoms with E-state index < -0.39 is 0 Å². The third-order valence-corrected chi connectivity index (χ3v) is 5.92. The minimum atomic E-state index is -0.351. The van der Waals surface area contributed by atoms with Crippen molar-refractivity contribution in [2.75, 3.05) is 20.0 Å². The number of carbonyl (C=O) groups is 1. The molecule has 0 spiro atoms. The Morgan fingerprint density at radius 3 is 2.33 bits per heavy atom. The largest absolute Gasteiger partial charge is 0.497 e. The molecule has 0 aliphatic heterocycles. The summed E-state index contributed by atoms with van der Waals surface area (Å²) in [6, 6.07) is 7.87. The molecule has 3 rings (SSSR count). The molecular weight excluding hydrogens is 390 g/mol. The summed E-state index contributed by atoms with van der Waals surface area (Å²) in [5, 5.41) is 2.90. The van der Waals surface area contributed by atoms with Gasteiger partial charge in [-0.2, -0.15) is 0 Å². The average molecular weight is 411 g/mol. The number of hydrogen-bond acceptors (Lipinski definition) is 5. The third-order valence-electron chi connectivity index (χ3n) is 3.60. The van der Waals surface area contributed by atoms with Crippen molar-refractivity contribution in [2.24, 2.45) is 0 Å². The predicted molar refractivity (Wildman–Crippen MR) is 107 cm³/mol. The molecule has 7 heteroatoms. The first-order valence-corrected chi connectivity index (χ1v) is 9.89. The van der Waals surface area contributed by atoms with Crippen LogP contribution in [0.4, 0.5) is 8.78 Å². The second kappa shape index (κ2) is 9.71. The average Bonchev–Trinajstić information content (AvgIpc) is 3.02. The zero-order chi connectivity index (χ0) is 20.0. The summed E-state index contributed by atoms with van der Waals surface area (Å²) in [5.41, 5.74) is 1.10. The predicted octanol–water partition coefficient (Wildman–Crippen LogP) is 5.87. The molecule has 0 amide bonds. The quantitative estimate of drug-likeness (QED) is 0.493. The number of ketones is 1. The number of Topliss-reactive ketones (excluding diaryl/α,β-unsaturated/α-hetero) is 1. The van der Waals surface area contributed by atoms with E-state index in [-0.39, 0.29) is 17.4 Å². The second-order valence-corrected chi connectivity index (χ2v) is 7.59. The van der Waals surface area contributed by atoms with Crippen LogP contribution in [0.5, 0.6) is 11.5 Å². The Morgan fingerprint density at radius 2 is 1.74 bits per heavy atom. The molecule has 0 radical (unpaired) electrons. The van der Waals surface area contributed by atoms with Gasteiger partial charge in [-0.1, -0.05) is 0 Å². The molecular formula is C20H20F2O3S2. The molecule has 2 aromatic carbocycles. The Balaban J connectivity index is 0.000000194. The molecule has 0 aliphatic carbocycles. The third kappa shape index (κ3) is 5.68. The van der Waals surface area contributed by atoms with E-state index in [4.69, 9.17) is 9.47 Å². The topological polar surface area (TPSA) is 35.5 Å². The van der Waals surface area contributed by atoms with Crippen LogP contribution >= 0.6 is 23.1 Å². The highest BCUT2D eigenvalue weighted by Gasteiger charge is 2.08. The van der Waals surface area contributed by atoms with Crippen LogP contribution in [0.2, 0.25) is 0 Å². The van der Waals surface area contributed by atoms with Crippen LogP contribution in [0, 0.1) is 18.6 Å². The van der Waals surface area contributed by atoms with Gasteiger partial charge in [0.15, 0.2) is 0 Å². The van der Waals surface area contributed by atoms with Crippen molar-refractivity contribution in [3.63, 3.8) is 0 Å². The van der Waals surface area contributed by atoms with Crippen LogP contribution in [0.25, 0.3) is 10.1 Å². The zero-order valence-electron chi connectivity index (χ0n) is 15.5. The van der Waals surface area contributed by atoms with E-state index in [1.807, 2.05) is 18.4 Å². The SMILES string of the molecule is COc1cc(F)c2scc(C)c2c1.COc1ccc(SCC(C)=O)c(F)c1. The zero-order valence-corrected chi connectivity index (χ0v) is 17.1. The van der Waals surface area contributed by atoms with Crippen LogP contribution in [0.15, 0.2) is 40.6 Å². The summed E-state index contributed by atoms with van der Waals surface area (Å²) in [4.78, 5) is 11.2. The lowest BCUT2D eigenvalue weighted by Crippen LogP contribution is -1.94. The number of methoxy groups -OCH3 is 2. The van der Waals surface area contributed by atoms with Gasteiger partial charge in [-0.15, -0.1) is 23.1 Å². The highest BCUT2D eigenvalue weighted by Crippen LogP contribution is 2.31. The van der Waals surface area contributed by atoms with Crippen molar-refractivity contribution in [3.8, 4) is 11.5 Å². The van der Waals surface area contributed by atoms with E-state index in [1.54, 1.807) is 19.2 Å². The van der Waals surface area contributed by atoms with E-state index in [0.29, 0.717) is 26.8 Å². The van der Waals surface area contributed by atoms with Gasteiger partial charge in [-0.25, -0.2) is 8.78 Å². The summed E-state index contributed by atoms with van der Waals surface area (Å²) in [6.07, 6.45) is 0. The van der Waals surface area contributed by atoms with Crippen molar-refractivity contribution in [3.05, 3.63) is 52.9 Å². The number of aryl methyl sites for hydroxylation is 1. The van der Waals surface area contributed by atoms with Crippen LogP contribution in [-0.2, 0) is 4.79 Å². The Kier molecular flexibility index (Phi) is 7.62. The molecule has 1 aromatic heterocycles. The maximum Gasteiger partial charge on any atom is 0.144 e. The summed E-state index contributed by atoms with van der Waals surface area (Å²) >= 11 is 2.62. The van der Waals surface area contributed by atoms with Crippen molar-refractivity contribution in [1.82, 2.24) is 0 Å². The number of fused-ring (bicyclic) bond motifs is 1. The number of thioether (sulfide) groups is 1. The molecule has 0 saturated carbocycles. The summed E-state index contributed by atoms with van der Waals surface area (Å²) < 4.78 is 37.2. The van der Waals surface area contributed by atoms with Gasteiger partial charge in [0.05, 0.1) is 24.7 Å². The first-order chi connectivity index (χ1) is 12.8. The number of halogens is 2. The van der Waals surface area contributed by atoms with Crippen molar-refractivity contribution in [1.29, 1.82) is 0 Å². The number of rotatable bonds is 5. The molecule has 3 nitrogen and oxygen atoms in total. The lowest BCUT2D eigenvalue weighted by Gasteiger charge is -2.03. The van der Waals surface area contributed by atoms with Gasteiger partial charge in [0.25, 0.3) is 0 Å². The van der Waals surface area contributed by atoms with Gasteiger partial charge in [0, 0.05) is 22.4 Å². The van der Waals surface area contributed by atoms with Crippen LogP contribution in [0.1, 0.15) is 12.5 Å². The van der Waals surface area contributed by atoms with E-state index in [9.17, 15) is 13.6 Å². The number of carbonyl (C=O) groups excluding carboxylic acids is 1. The molecule has 0 N–H and O–H groups in total. The van der Waals surface area contributed by atoms with Crippen molar-refractivity contribution >= 4 is 39.0 Å². The lowest BCUT2D eigenvalue weighted by atomic mass is 10.2. The normalized spacial score (nSPS) is 10.3. The maximum atomic E-state index is 13.4. The molecule has 0 fully saturated rings. The number of ether oxygens (including phenoxy) is 2. The fraction of sp³-hybridized carbons (Fsp3) is 0.250. The Hall–Kier alpha value is -2.12. The van der Waals surface area contributed by atoms with Crippen LogP contribution < -0.4 is 9.47 Å². The molecule has 0 unspecified atom stereocenters. The first kappa shape index (κ1) is 21.2. The van der Waals surface area contributed by atoms with Gasteiger partial charge in [0.2, 0.25) is 0 Å². The fourth-order valence-corrected chi connectivity index (χ4v) is 3.87. The number of hydrogen-bond donors (Lipinski definition) is 0. The molecule has 144 valence electrons. The Labute approximate surface area is 165 Å². The molecule has 0 saturated heterocycles. The minimum absolute atomic E-state index is 0.0326. The molecule has 0 bridgehead atoms. The van der Waals surface area contributed by atoms with Crippen LogP contribution in [-0.4, -0.2) is 25.8 Å². The maximum absolute atomic E-state index is 13.4. The van der Waals surface area contributed by atoms with Crippen molar-refractivity contribution in [2.45, 2.75) is 18.7 Å². The van der Waals surface area contributed by atoms with E-state index >= 15 is 0 Å². The van der Waals surface area contributed by atoms with Gasteiger partial charge in [-0.05, 0) is 43.0 Å². The van der Waals surface area contributed by atoms with Crippen LogP contribution in [0.3, 0.4) is 0 Å². The summed E-state index contributed by atoms with van der Waals surface area (Å²) in [7, 11) is 3.03. The molecule has 0 atom stereocenters. The fourth-order valence-electron chi connectivity index (χ4n) is 2.21. The smallest absolute Gasteiger partial charge is 0.144 e. The molecule has 3 aromatic rings. The molecule has 1 heterocycles. The van der Waals surface area contributed by atoms with Gasteiger partial charge < -0.3 is 9.47 Å². The molecule has 0 aliphatic rings.